The third kappa shape index (κ3) is 18.9. The summed E-state index contributed by atoms with van der Waals surface area (Å²) in [5.74, 6) is 2.04. The average molecular weight is 1330 g/mol. The number of ether oxygens (including phenoxy) is 2. The van der Waals surface area contributed by atoms with Crippen LogP contribution in [0.3, 0.4) is 0 Å². The third-order valence-electron chi connectivity index (χ3n) is 18.7. The number of benzene rings is 2. The molecular formula is C71H95N17O7S. The largest absolute Gasteiger partial charge is 0.431 e. The van der Waals surface area contributed by atoms with Gasteiger partial charge in [-0.15, -0.1) is 0 Å². The van der Waals surface area contributed by atoms with Gasteiger partial charge >= 0.3 is 0 Å². The van der Waals surface area contributed by atoms with Crippen LogP contribution in [0.2, 0.25) is 0 Å². The second kappa shape index (κ2) is 34.6. The molecule has 0 spiro atoms. The van der Waals surface area contributed by atoms with Crippen molar-refractivity contribution in [1.82, 2.24) is 75.9 Å². The lowest BCUT2D eigenvalue weighted by molar-refractivity contribution is -0.122. The average Bonchev–Trinajstić information content (AvgIpc) is 1.87. The molecule has 2 aromatic carbocycles. The molecule has 5 aliphatic rings. The molecule has 4 fully saturated rings. The van der Waals surface area contributed by atoms with Gasteiger partial charge in [-0.3, -0.25) is 19.2 Å². The number of rotatable bonds is 26. The molecule has 96 heavy (non-hydrogen) atoms. The fourth-order valence-electron chi connectivity index (χ4n) is 12.8. The van der Waals surface area contributed by atoms with Crippen molar-refractivity contribution in [3.63, 3.8) is 0 Å². The molecule has 2 aliphatic carbocycles. The number of thiazole rings is 1. The van der Waals surface area contributed by atoms with Gasteiger partial charge in [-0.05, 0) is 102 Å². The zero-order valence-corrected chi connectivity index (χ0v) is 56.9. The Hall–Kier alpha value is -8.20. The smallest absolute Gasteiger partial charge is 0.298 e. The lowest BCUT2D eigenvalue weighted by Gasteiger charge is -2.31. The molecule has 8 aromatic rings. The van der Waals surface area contributed by atoms with Crippen molar-refractivity contribution in [3.05, 3.63) is 137 Å². The fourth-order valence-corrected chi connectivity index (χ4v) is 13.7. The Morgan fingerprint density at radius 1 is 0.760 bits per heavy atom. The third-order valence-corrected chi connectivity index (χ3v) is 19.7. The first-order chi connectivity index (χ1) is 46.9. The minimum Gasteiger partial charge on any atom is -0.431 e. The van der Waals surface area contributed by atoms with Crippen molar-refractivity contribution in [2.75, 3.05) is 109 Å². The van der Waals surface area contributed by atoms with Crippen molar-refractivity contribution in [3.8, 4) is 0 Å². The second-order valence-electron chi connectivity index (χ2n) is 25.9. The van der Waals surface area contributed by atoms with Gasteiger partial charge in [0.05, 0.1) is 41.8 Å². The number of aromatic nitrogens is 9. The number of imidazole rings is 2. The van der Waals surface area contributed by atoms with E-state index in [1.54, 1.807) is 12.4 Å². The minimum atomic E-state index is -0.664. The number of para-hydroxylation sites is 3. The van der Waals surface area contributed by atoms with Crippen LogP contribution >= 0.6 is 11.3 Å². The number of unbranched alkanes of at least 4 members (excludes halogenated alkanes) is 2. The summed E-state index contributed by atoms with van der Waals surface area (Å²) in [7, 11) is 4.24. The summed E-state index contributed by atoms with van der Waals surface area (Å²) in [5.41, 5.74) is 7.59. The van der Waals surface area contributed by atoms with Gasteiger partial charge in [0.15, 0.2) is 22.8 Å². The van der Waals surface area contributed by atoms with Gasteiger partial charge in [-0.2, -0.15) is 4.98 Å². The highest BCUT2D eigenvalue weighted by molar-refractivity contribution is 7.17. The van der Waals surface area contributed by atoms with E-state index in [-0.39, 0.29) is 35.3 Å². The van der Waals surface area contributed by atoms with Gasteiger partial charge in [-0.1, -0.05) is 93.7 Å². The Kier molecular flexibility index (Phi) is 25.0. The molecular weight excluding hydrogens is 1230 g/mol. The van der Waals surface area contributed by atoms with E-state index in [4.69, 9.17) is 13.9 Å². The van der Waals surface area contributed by atoms with Crippen LogP contribution < -0.4 is 31.1 Å². The number of carbonyl (C=O) groups is 4. The van der Waals surface area contributed by atoms with Crippen LogP contribution in [0.1, 0.15) is 156 Å². The lowest BCUT2D eigenvalue weighted by Crippen LogP contribution is -2.48. The number of allylic oxidation sites excluding steroid dienone is 1. The number of fused-ring (bicyclic) bond motifs is 3. The number of ketones is 1. The van der Waals surface area contributed by atoms with Crippen LogP contribution in [0.5, 0.6) is 0 Å². The first kappa shape index (κ1) is 69.2. The van der Waals surface area contributed by atoms with Crippen LogP contribution in [-0.2, 0) is 33.5 Å². The molecule has 13 rings (SSSR count). The van der Waals surface area contributed by atoms with Gasteiger partial charge in [-0.25, -0.2) is 24.9 Å². The van der Waals surface area contributed by atoms with E-state index in [2.05, 4.69) is 120 Å². The molecule has 6 aromatic heterocycles. The molecule has 512 valence electrons. The molecule has 9 heterocycles. The van der Waals surface area contributed by atoms with Crippen LogP contribution in [0.4, 0.5) is 11.1 Å². The number of piperazine rings is 2. The summed E-state index contributed by atoms with van der Waals surface area (Å²) in [6.07, 6.45) is 25.6. The number of likely N-dealkylation sites (tertiary alicyclic amines) is 1. The Bertz CT molecular complexity index is 3780. The van der Waals surface area contributed by atoms with Crippen LogP contribution in [-0.4, -0.2) is 196 Å². The maximum atomic E-state index is 13.1. The first-order valence-electron chi connectivity index (χ1n) is 34.6. The van der Waals surface area contributed by atoms with E-state index in [1.807, 2.05) is 60.9 Å². The van der Waals surface area contributed by atoms with Gasteiger partial charge in [0.25, 0.3) is 17.8 Å². The molecule has 3 amide bonds. The number of carbonyl (C=O) groups excluding carboxylic acids is 4. The highest BCUT2D eigenvalue weighted by atomic mass is 32.1. The molecule has 1 saturated carbocycles. The molecule has 3 aliphatic heterocycles. The van der Waals surface area contributed by atoms with Crippen molar-refractivity contribution in [2.24, 2.45) is 5.92 Å². The molecule has 25 heteroatoms. The van der Waals surface area contributed by atoms with E-state index in [0.717, 1.165) is 172 Å². The standard InChI is InChI=1S/C24H32N6O3.C24H33N5O2.C23H30N6O2S/c1-29-9-11-30(12-10-29)24-27-20(15-33-24)22(31)28-23(32-14-17-5-3-2-4-6-17)19-8-7-18-13-25-16-26-21(18)19;1-3-4-13-31-18(15-23-26-19-7-5-6-8-20(19)27-23)14-22(30)21-16-25-24(28-21)17-9-11-29(2)12-10-17;1-2-3-8-25-21(30)19(13-16-14-26-18-7-5-4-6-17(16)18)28-22(31)20-15-27-23(32-20)29-11-9-24-10-12-29/h8,13,15-17,23H,2-7,9-12,14H2,1H3,(H,28,31);5-8,16-18H,3-4,9-15H2,1-2H3,(H,25,28)(H,26,27);4-7,14-15,19,24,26H,2-3,8-13H2,1H3,(H,25,30)(H,28,31). The molecule has 24 nitrogen and oxygen atoms in total. The first-order valence-corrected chi connectivity index (χ1v) is 35.4. The van der Waals surface area contributed by atoms with Crippen molar-refractivity contribution in [2.45, 2.75) is 134 Å². The van der Waals surface area contributed by atoms with Crippen LogP contribution in [0.15, 0.2) is 96.4 Å². The van der Waals surface area contributed by atoms with Gasteiger partial charge in [0, 0.05) is 125 Å². The van der Waals surface area contributed by atoms with E-state index in [0.29, 0.717) is 67.4 Å². The number of hydrogen-bond donors (Lipinski definition) is 7. The van der Waals surface area contributed by atoms with Crippen molar-refractivity contribution in [1.29, 1.82) is 0 Å². The number of hydrogen-bond acceptors (Lipinski definition) is 19. The summed E-state index contributed by atoms with van der Waals surface area (Å²) in [6.45, 7) is 15.3. The Morgan fingerprint density at radius 2 is 1.53 bits per heavy atom. The van der Waals surface area contributed by atoms with Crippen LogP contribution in [0.25, 0.3) is 27.5 Å². The summed E-state index contributed by atoms with van der Waals surface area (Å²) in [5, 5.41) is 14.2. The van der Waals surface area contributed by atoms with Crippen molar-refractivity contribution >= 4 is 73.5 Å². The molecule has 3 atom stereocenters. The summed E-state index contributed by atoms with van der Waals surface area (Å²) in [4.78, 5) is 98.0. The topological polar surface area (TPSA) is 286 Å². The number of anilines is 2. The van der Waals surface area contributed by atoms with Gasteiger partial charge in [0.2, 0.25) is 5.91 Å². The predicted octanol–water partition coefficient (Wildman–Crippen LogP) is 8.90. The molecule has 3 unspecified atom stereocenters. The monoisotopic (exact) mass is 1330 g/mol. The Labute approximate surface area is 566 Å². The van der Waals surface area contributed by atoms with E-state index in [1.165, 1.54) is 56.0 Å². The highest BCUT2D eigenvalue weighted by Crippen LogP contribution is 2.32. The molecule has 0 bridgehead atoms. The Morgan fingerprint density at radius 3 is 2.32 bits per heavy atom. The summed E-state index contributed by atoms with van der Waals surface area (Å²) >= 11 is 1.37. The zero-order chi connectivity index (χ0) is 66.6. The fraction of sp³-hybridized carbons (Fsp3) is 0.521. The Balaban J connectivity index is 0.000000146. The second-order valence-corrected chi connectivity index (χ2v) is 26.9. The lowest BCUT2D eigenvalue weighted by atomic mass is 9.90. The summed E-state index contributed by atoms with van der Waals surface area (Å²) < 4.78 is 18.0. The molecule has 3 saturated heterocycles. The zero-order valence-electron chi connectivity index (χ0n) is 56.1. The number of amides is 3. The van der Waals surface area contributed by atoms with Crippen molar-refractivity contribution < 1.29 is 33.1 Å². The maximum absolute atomic E-state index is 13.1. The molecule has 7 N–H and O–H groups in total. The number of nitrogens with one attached hydrogen (secondary N) is 7. The van der Waals surface area contributed by atoms with Crippen LogP contribution in [0, 0.1) is 5.92 Å². The quantitative estimate of drug-likeness (QED) is 0.0151. The highest BCUT2D eigenvalue weighted by Gasteiger charge is 2.31. The SMILES string of the molecule is CCCCNC(=O)C(Cc1c[nH]c2ccccc12)NC(=O)c1cnc(N2CCNCC2)s1.CCCCOC(CC(=O)c1cnc(C2CCN(C)CC2)[nH]1)Cc1nc2ccccc2[nH]1.CN1CCN(c2nc(C(=O)NC(OCC3CCCCC3)C3=CCc4cncnc43)co2)CC1. The number of likely N-dealkylation sites (N-methyl/N-ethyl adjacent to an activating group) is 1. The number of piperidine rings is 1. The van der Waals surface area contributed by atoms with E-state index >= 15 is 0 Å². The molecule has 0 radical (unpaired) electrons. The number of Topliss-reactive ketones (excluding diaryl/α,β-unsaturated/α-hetero) is 1. The van der Waals surface area contributed by atoms with E-state index in [9.17, 15) is 19.2 Å². The predicted molar refractivity (Wildman–Crippen MR) is 374 cm³/mol. The normalized spacial score (nSPS) is 17.4. The summed E-state index contributed by atoms with van der Waals surface area (Å²) in [6, 6.07) is 15.8. The number of H-pyrrole nitrogens is 3. The number of nitrogens with zero attached hydrogens (tertiary/aromatic N) is 10. The van der Waals surface area contributed by atoms with Gasteiger partial charge in [0.1, 0.15) is 40.9 Å². The van der Waals surface area contributed by atoms with E-state index < -0.39 is 12.3 Å². The number of oxazole rings is 1. The number of aromatic amines is 3. The maximum Gasteiger partial charge on any atom is 0.298 e. The van der Waals surface area contributed by atoms with Gasteiger partial charge < -0.3 is 69.7 Å². The minimum absolute atomic E-state index is 0.0456.